The average Bonchev–Trinajstić information content (AvgIpc) is 1.91. The Morgan fingerprint density at radius 3 is 2.67 bits per heavy atom. The minimum absolute atomic E-state index is 0.878. The molecule has 0 atom stereocenters. The van der Waals surface area contributed by atoms with Crippen molar-refractivity contribution in [3.8, 4) is 0 Å². The summed E-state index contributed by atoms with van der Waals surface area (Å²) in [6.07, 6.45) is 0. The van der Waals surface area contributed by atoms with Crippen LogP contribution in [0.1, 0.15) is 0 Å². The zero-order chi connectivity index (χ0) is 6.53. The molecular formula is C6H11BrNO. The Morgan fingerprint density at radius 1 is 1.44 bits per heavy atom. The fourth-order valence-corrected chi connectivity index (χ4v) is 1.27. The highest BCUT2D eigenvalue weighted by Crippen LogP contribution is 2.00. The van der Waals surface area contributed by atoms with Gasteiger partial charge in [0.15, 0.2) is 0 Å². The summed E-state index contributed by atoms with van der Waals surface area (Å²) in [6, 6.07) is 0. The van der Waals surface area contributed by atoms with Crippen LogP contribution in [0.2, 0.25) is 0 Å². The zero-order valence-electron chi connectivity index (χ0n) is 5.35. The lowest BCUT2D eigenvalue weighted by Gasteiger charge is -2.24. The monoisotopic (exact) mass is 192 g/mol. The first-order valence-corrected chi connectivity index (χ1v) is 4.26. The van der Waals surface area contributed by atoms with Crippen LogP contribution in [0.5, 0.6) is 0 Å². The van der Waals surface area contributed by atoms with Crippen LogP contribution in [0.25, 0.3) is 0 Å². The Balaban J connectivity index is 2.08. The number of morpholine rings is 1. The first kappa shape index (κ1) is 7.51. The molecule has 9 heavy (non-hydrogen) atoms. The fraction of sp³-hybridized carbons (Fsp3) is 0.833. The Kier molecular flexibility index (Phi) is 3.55. The molecule has 1 radical (unpaired) electrons. The molecule has 3 heteroatoms. The first-order valence-electron chi connectivity index (χ1n) is 3.14. The van der Waals surface area contributed by atoms with Gasteiger partial charge in [0.25, 0.3) is 0 Å². The number of alkyl halides is 1. The van der Waals surface area contributed by atoms with Gasteiger partial charge in [-0.15, -0.1) is 0 Å². The van der Waals surface area contributed by atoms with Crippen LogP contribution < -0.4 is 0 Å². The summed E-state index contributed by atoms with van der Waals surface area (Å²) < 4.78 is 5.17. The number of nitrogens with zero attached hydrogens (tertiary/aromatic N) is 1. The lowest BCUT2D eigenvalue weighted by Crippen LogP contribution is -2.34. The normalized spacial score (nSPS) is 22.3. The van der Waals surface area contributed by atoms with Gasteiger partial charge in [-0.2, -0.15) is 0 Å². The second-order valence-corrected chi connectivity index (χ2v) is 2.63. The molecule has 0 aromatic rings. The van der Waals surface area contributed by atoms with Gasteiger partial charge < -0.3 is 4.74 Å². The molecule has 0 saturated carbocycles. The molecule has 53 valence electrons. The van der Waals surface area contributed by atoms with E-state index in [1.54, 1.807) is 0 Å². The second kappa shape index (κ2) is 4.25. The van der Waals surface area contributed by atoms with Crippen molar-refractivity contribution in [2.45, 2.75) is 0 Å². The van der Waals surface area contributed by atoms with E-state index in [-0.39, 0.29) is 0 Å². The SMILES string of the molecule is BrC[CH]N1CCOCC1. The fourth-order valence-electron chi connectivity index (χ4n) is 0.858. The maximum Gasteiger partial charge on any atom is 0.0594 e. The van der Waals surface area contributed by atoms with E-state index in [4.69, 9.17) is 4.74 Å². The summed E-state index contributed by atoms with van der Waals surface area (Å²) >= 11 is 3.35. The molecule has 1 aliphatic heterocycles. The molecular weight excluding hydrogens is 182 g/mol. The standard InChI is InChI=1S/C6H11BrNO/c7-1-2-8-3-5-9-6-4-8/h2H,1,3-6H2. The van der Waals surface area contributed by atoms with Crippen molar-refractivity contribution in [3.05, 3.63) is 6.54 Å². The van der Waals surface area contributed by atoms with Crippen LogP contribution in [0.4, 0.5) is 0 Å². The Labute approximate surface area is 64.3 Å². The quantitative estimate of drug-likeness (QED) is 0.603. The molecule has 1 saturated heterocycles. The molecule has 0 aromatic carbocycles. The van der Waals surface area contributed by atoms with Crippen molar-refractivity contribution >= 4 is 15.9 Å². The number of ether oxygens (including phenoxy) is 1. The molecule has 0 aromatic heterocycles. The number of hydrogen-bond donors (Lipinski definition) is 0. The highest BCUT2D eigenvalue weighted by molar-refractivity contribution is 9.09. The van der Waals surface area contributed by atoms with Gasteiger partial charge in [-0.3, -0.25) is 4.90 Å². The number of hydrogen-bond acceptors (Lipinski definition) is 2. The Hall–Kier alpha value is 0.400. The topological polar surface area (TPSA) is 12.5 Å². The van der Waals surface area contributed by atoms with E-state index in [0.29, 0.717) is 0 Å². The number of rotatable bonds is 2. The third kappa shape index (κ3) is 2.65. The largest absolute Gasteiger partial charge is 0.379 e. The van der Waals surface area contributed by atoms with Crippen LogP contribution in [-0.4, -0.2) is 36.5 Å². The lowest BCUT2D eigenvalue weighted by atomic mass is 10.4. The Bertz CT molecular complexity index is 70.7. The highest BCUT2D eigenvalue weighted by Gasteiger charge is 2.08. The Morgan fingerprint density at radius 2 is 2.11 bits per heavy atom. The molecule has 0 N–H and O–H groups in total. The third-order valence-corrected chi connectivity index (χ3v) is 1.66. The van der Waals surface area contributed by atoms with Gasteiger partial charge in [0.2, 0.25) is 0 Å². The molecule has 2 nitrogen and oxygen atoms in total. The van der Waals surface area contributed by atoms with Crippen molar-refractivity contribution in [2.75, 3.05) is 31.6 Å². The average molecular weight is 193 g/mol. The molecule has 1 fully saturated rings. The molecule has 0 unspecified atom stereocenters. The lowest BCUT2D eigenvalue weighted by molar-refractivity contribution is 0.0522. The summed E-state index contributed by atoms with van der Waals surface area (Å²) in [7, 11) is 0. The van der Waals surface area contributed by atoms with Crippen molar-refractivity contribution in [1.82, 2.24) is 4.90 Å². The van der Waals surface area contributed by atoms with E-state index >= 15 is 0 Å². The number of halogens is 1. The molecule has 0 spiro atoms. The maximum atomic E-state index is 5.17. The molecule has 1 aliphatic rings. The van der Waals surface area contributed by atoms with E-state index in [2.05, 4.69) is 27.4 Å². The van der Waals surface area contributed by atoms with Gasteiger partial charge in [-0.05, 0) is 0 Å². The van der Waals surface area contributed by atoms with E-state index in [9.17, 15) is 0 Å². The summed E-state index contributed by atoms with van der Waals surface area (Å²) in [5.74, 6) is 0. The maximum absolute atomic E-state index is 5.17. The van der Waals surface area contributed by atoms with Crippen molar-refractivity contribution < 1.29 is 4.74 Å². The highest BCUT2D eigenvalue weighted by atomic mass is 79.9. The van der Waals surface area contributed by atoms with E-state index in [0.717, 1.165) is 31.6 Å². The van der Waals surface area contributed by atoms with Crippen LogP contribution in [0.3, 0.4) is 0 Å². The molecule has 0 aliphatic carbocycles. The molecule has 0 amide bonds. The van der Waals surface area contributed by atoms with Gasteiger partial charge in [-0.1, -0.05) is 15.9 Å². The summed E-state index contributed by atoms with van der Waals surface area (Å²) in [5.41, 5.74) is 0. The first-order chi connectivity index (χ1) is 4.43. The minimum Gasteiger partial charge on any atom is -0.379 e. The summed E-state index contributed by atoms with van der Waals surface area (Å²) in [6.45, 7) is 6.01. The van der Waals surface area contributed by atoms with Crippen molar-refractivity contribution in [2.24, 2.45) is 0 Å². The van der Waals surface area contributed by atoms with E-state index < -0.39 is 0 Å². The van der Waals surface area contributed by atoms with Crippen molar-refractivity contribution in [1.29, 1.82) is 0 Å². The molecule has 0 bridgehead atoms. The zero-order valence-corrected chi connectivity index (χ0v) is 6.93. The predicted molar refractivity (Wildman–Crippen MR) is 40.5 cm³/mol. The smallest absolute Gasteiger partial charge is 0.0594 e. The van der Waals surface area contributed by atoms with Crippen LogP contribution >= 0.6 is 15.9 Å². The van der Waals surface area contributed by atoms with Gasteiger partial charge in [-0.25, -0.2) is 0 Å². The third-order valence-electron chi connectivity index (χ3n) is 1.37. The molecule has 1 heterocycles. The van der Waals surface area contributed by atoms with Gasteiger partial charge >= 0.3 is 0 Å². The van der Waals surface area contributed by atoms with Crippen LogP contribution in [-0.2, 0) is 4.74 Å². The minimum atomic E-state index is 0.878. The van der Waals surface area contributed by atoms with Gasteiger partial charge in [0.05, 0.1) is 13.2 Å². The van der Waals surface area contributed by atoms with Gasteiger partial charge in [0.1, 0.15) is 0 Å². The van der Waals surface area contributed by atoms with E-state index in [1.165, 1.54) is 0 Å². The van der Waals surface area contributed by atoms with Crippen LogP contribution in [0, 0.1) is 6.54 Å². The van der Waals surface area contributed by atoms with E-state index in [1.807, 2.05) is 0 Å². The summed E-state index contributed by atoms with van der Waals surface area (Å²) in [4.78, 5) is 2.28. The second-order valence-electron chi connectivity index (χ2n) is 1.99. The summed E-state index contributed by atoms with van der Waals surface area (Å²) in [5, 5.41) is 0.951. The molecule has 1 rings (SSSR count). The predicted octanol–water partition coefficient (Wildman–Crippen LogP) is 0.875. The van der Waals surface area contributed by atoms with Crippen molar-refractivity contribution in [3.63, 3.8) is 0 Å². The van der Waals surface area contributed by atoms with Crippen LogP contribution in [0.15, 0.2) is 0 Å². The van der Waals surface area contributed by atoms with Gasteiger partial charge in [0, 0.05) is 25.0 Å².